The lowest BCUT2D eigenvalue weighted by molar-refractivity contribution is -0.127. The van der Waals surface area contributed by atoms with Gasteiger partial charge in [-0.2, -0.15) is 0 Å². The van der Waals surface area contributed by atoms with E-state index < -0.39 is 17.9 Å². The number of amides is 2. The van der Waals surface area contributed by atoms with Crippen LogP contribution in [-0.2, 0) is 14.4 Å². The molecule has 2 aliphatic rings. The number of hydrogen-bond acceptors (Lipinski definition) is 5. The molecule has 7 heteroatoms. The summed E-state index contributed by atoms with van der Waals surface area (Å²) in [6.07, 6.45) is -0.962. The Morgan fingerprint density at radius 2 is 1.84 bits per heavy atom. The third kappa shape index (κ3) is 2.43. The Hall–Kier alpha value is -2.64. The van der Waals surface area contributed by atoms with Gasteiger partial charge in [-0.3, -0.25) is 19.9 Å². The third-order valence-electron chi connectivity index (χ3n) is 4.15. The average molecular weight is 401 g/mol. The zero-order chi connectivity index (χ0) is 17.6. The van der Waals surface area contributed by atoms with Gasteiger partial charge in [0.25, 0.3) is 11.8 Å². The number of imide groups is 1. The molecule has 0 unspecified atom stereocenters. The van der Waals surface area contributed by atoms with Gasteiger partial charge < -0.3 is 4.74 Å². The first kappa shape index (κ1) is 15.9. The van der Waals surface area contributed by atoms with Gasteiger partial charge in [0.05, 0.1) is 24.1 Å². The minimum Gasteiger partial charge on any atom is -0.495 e. The van der Waals surface area contributed by atoms with Crippen molar-refractivity contribution >= 4 is 39.1 Å². The van der Waals surface area contributed by atoms with E-state index in [2.05, 4.69) is 21.4 Å². The van der Waals surface area contributed by atoms with E-state index in [0.717, 1.165) is 14.9 Å². The molecule has 126 valence electrons. The predicted molar refractivity (Wildman–Crippen MR) is 94.6 cm³/mol. The van der Waals surface area contributed by atoms with Crippen LogP contribution in [0.25, 0.3) is 5.70 Å². The largest absolute Gasteiger partial charge is 0.495 e. The Morgan fingerprint density at radius 1 is 1.12 bits per heavy atom. The van der Waals surface area contributed by atoms with E-state index in [9.17, 15) is 9.59 Å². The maximum Gasteiger partial charge on any atom is 0.270 e. The summed E-state index contributed by atoms with van der Waals surface area (Å²) in [6.45, 7) is 0. The number of nitrogens with one attached hydrogen (secondary N) is 1. The summed E-state index contributed by atoms with van der Waals surface area (Å²) in [5.74, 6) is -0.408. The third-order valence-corrected chi connectivity index (χ3v) is 4.68. The molecule has 2 heterocycles. The number of halogens is 1. The first-order valence-corrected chi connectivity index (χ1v) is 8.34. The van der Waals surface area contributed by atoms with Crippen molar-refractivity contribution in [3.63, 3.8) is 0 Å². The van der Waals surface area contributed by atoms with Crippen LogP contribution in [0.2, 0.25) is 0 Å². The predicted octanol–water partition coefficient (Wildman–Crippen LogP) is 2.65. The molecule has 4 rings (SSSR count). The molecule has 1 saturated heterocycles. The molecule has 0 radical (unpaired) electrons. The van der Waals surface area contributed by atoms with E-state index in [4.69, 9.17) is 9.57 Å². The van der Waals surface area contributed by atoms with Crippen molar-refractivity contribution < 1.29 is 19.2 Å². The number of methoxy groups -OCH3 is 1. The summed E-state index contributed by atoms with van der Waals surface area (Å²) < 4.78 is 6.20. The van der Waals surface area contributed by atoms with E-state index in [1.807, 2.05) is 24.3 Å². The summed E-state index contributed by atoms with van der Waals surface area (Å²) >= 11 is 3.38. The highest BCUT2D eigenvalue weighted by atomic mass is 79.9. The van der Waals surface area contributed by atoms with Gasteiger partial charge in [0.2, 0.25) is 0 Å². The van der Waals surface area contributed by atoms with Crippen molar-refractivity contribution in [1.82, 2.24) is 5.48 Å². The van der Waals surface area contributed by atoms with Crippen molar-refractivity contribution in [2.45, 2.75) is 6.10 Å². The van der Waals surface area contributed by atoms with Crippen LogP contribution in [0.5, 0.6) is 5.75 Å². The number of fused-ring (bicyclic) bond motifs is 1. The van der Waals surface area contributed by atoms with Gasteiger partial charge in [-0.15, -0.1) is 0 Å². The molecule has 0 aliphatic carbocycles. The SMILES string of the molecule is COc1ccccc1N1C(=O)C2=C(c3ccc(Br)cc3)NO[C@@H]2C1=O. The molecular formula is C18H13BrN2O4. The van der Waals surface area contributed by atoms with Crippen LogP contribution in [0, 0.1) is 0 Å². The summed E-state index contributed by atoms with van der Waals surface area (Å²) in [4.78, 5) is 32.2. The molecule has 1 fully saturated rings. The molecule has 0 saturated carbocycles. The lowest BCUT2D eigenvalue weighted by atomic mass is 10.1. The zero-order valence-corrected chi connectivity index (χ0v) is 14.7. The molecule has 2 aromatic carbocycles. The second-order valence-electron chi connectivity index (χ2n) is 5.55. The highest BCUT2D eigenvalue weighted by Crippen LogP contribution is 2.39. The Bertz CT molecular complexity index is 908. The van der Waals surface area contributed by atoms with Gasteiger partial charge in [0.15, 0.2) is 6.10 Å². The Balaban J connectivity index is 1.81. The van der Waals surface area contributed by atoms with E-state index in [1.165, 1.54) is 7.11 Å². The molecule has 1 N–H and O–H groups in total. The average Bonchev–Trinajstić information content (AvgIpc) is 3.16. The second-order valence-corrected chi connectivity index (χ2v) is 6.46. The second kappa shape index (κ2) is 6.02. The molecule has 1 atom stereocenters. The van der Waals surface area contributed by atoms with E-state index in [0.29, 0.717) is 22.7 Å². The smallest absolute Gasteiger partial charge is 0.270 e. The maximum absolute atomic E-state index is 13.0. The lowest BCUT2D eigenvalue weighted by Crippen LogP contribution is -2.34. The van der Waals surface area contributed by atoms with Gasteiger partial charge in [-0.1, -0.05) is 40.2 Å². The highest BCUT2D eigenvalue weighted by Gasteiger charge is 2.51. The molecule has 6 nitrogen and oxygen atoms in total. The minimum absolute atomic E-state index is 0.304. The fraction of sp³-hybridized carbons (Fsp3) is 0.111. The van der Waals surface area contributed by atoms with Gasteiger partial charge in [0, 0.05) is 10.0 Å². The van der Waals surface area contributed by atoms with Gasteiger partial charge in [0.1, 0.15) is 5.75 Å². The standard InChI is InChI=1S/C18H13BrN2O4/c1-24-13-5-3-2-4-12(13)21-17(22)14-15(20-25-16(14)18(21)23)10-6-8-11(19)9-7-10/h2-9,16,20H,1H3/t16-/m0/s1. The number of anilines is 1. The molecule has 0 bridgehead atoms. The van der Waals surface area contributed by atoms with Crippen LogP contribution >= 0.6 is 15.9 Å². The summed E-state index contributed by atoms with van der Waals surface area (Å²) in [6, 6.07) is 14.3. The number of carbonyl (C=O) groups excluding carboxylic acids is 2. The summed E-state index contributed by atoms with van der Waals surface area (Å²) in [5, 5.41) is 0. The van der Waals surface area contributed by atoms with Crippen LogP contribution < -0.4 is 15.1 Å². The number of rotatable bonds is 3. The van der Waals surface area contributed by atoms with E-state index >= 15 is 0 Å². The maximum atomic E-state index is 13.0. The van der Waals surface area contributed by atoms with Crippen molar-refractivity contribution in [1.29, 1.82) is 0 Å². The molecule has 2 aromatic rings. The number of para-hydroxylation sites is 2. The highest BCUT2D eigenvalue weighted by molar-refractivity contribution is 9.10. The van der Waals surface area contributed by atoms with Crippen molar-refractivity contribution in [3.8, 4) is 5.75 Å². The number of benzene rings is 2. The quantitative estimate of drug-likeness (QED) is 0.802. The Morgan fingerprint density at radius 3 is 2.56 bits per heavy atom. The number of hydroxylamine groups is 1. The monoisotopic (exact) mass is 400 g/mol. The van der Waals surface area contributed by atoms with Crippen LogP contribution in [0.15, 0.2) is 58.6 Å². The topological polar surface area (TPSA) is 67.9 Å². The van der Waals surface area contributed by atoms with Crippen molar-refractivity contribution in [2.75, 3.05) is 12.0 Å². The normalized spacial score (nSPS) is 19.3. The first-order chi connectivity index (χ1) is 12.1. The van der Waals surface area contributed by atoms with Crippen LogP contribution in [-0.4, -0.2) is 25.0 Å². The van der Waals surface area contributed by atoms with E-state index in [1.54, 1.807) is 24.3 Å². The van der Waals surface area contributed by atoms with Crippen molar-refractivity contribution in [2.24, 2.45) is 0 Å². The molecule has 2 aliphatic heterocycles. The summed E-state index contributed by atoms with van der Waals surface area (Å²) in [5.41, 5.74) is 4.70. The van der Waals surface area contributed by atoms with Crippen LogP contribution in [0.4, 0.5) is 5.69 Å². The van der Waals surface area contributed by atoms with Gasteiger partial charge in [-0.05, 0) is 24.3 Å². The molecule has 0 aromatic heterocycles. The molecular weight excluding hydrogens is 388 g/mol. The lowest BCUT2D eigenvalue weighted by Gasteiger charge is -2.18. The zero-order valence-electron chi connectivity index (χ0n) is 13.2. The summed E-state index contributed by atoms with van der Waals surface area (Å²) in [7, 11) is 1.50. The number of ether oxygens (including phenoxy) is 1. The minimum atomic E-state index is -0.962. The Kier molecular flexibility index (Phi) is 3.82. The fourth-order valence-electron chi connectivity index (χ4n) is 2.97. The van der Waals surface area contributed by atoms with Crippen LogP contribution in [0.3, 0.4) is 0 Å². The van der Waals surface area contributed by atoms with Gasteiger partial charge in [-0.25, -0.2) is 4.90 Å². The Labute approximate surface area is 152 Å². The molecule has 0 spiro atoms. The number of nitrogens with zero attached hydrogens (tertiary/aromatic N) is 1. The van der Waals surface area contributed by atoms with Crippen molar-refractivity contribution in [3.05, 3.63) is 64.1 Å². The number of hydrogen-bond donors (Lipinski definition) is 1. The molecule has 25 heavy (non-hydrogen) atoms. The fourth-order valence-corrected chi connectivity index (χ4v) is 3.23. The van der Waals surface area contributed by atoms with E-state index in [-0.39, 0.29) is 0 Å². The first-order valence-electron chi connectivity index (χ1n) is 7.55. The molecule has 2 amide bonds. The van der Waals surface area contributed by atoms with Gasteiger partial charge >= 0.3 is 0 Å². The number of carbonyl (C=O) groups is 2. The van der Waals surface area contributed by atoms with Crippen LogP contribution in [0.1, 0.15) is 5.56 Å².